The Hall–Kier alpha value is -2.35. The summed E-state index contributed by atoms with van der Waals surface area (Å²) in [5, 5.41) is 18.4. The van der Waals surface area contributed by atoms with Gasteiger partial charge in [0.1, 0.15) is 5.69 Å². The molecule has 0 atom stereocenters. The number of hydrogen-bond donors (Lipinski definition) is 3. The van der Waals surface area contributed by atoms with Crippen LogP contribution in [-0.4, -0.2) is 37.9 Å². The van der Waals surface area contributed by atoms with Gasteiger partial charge in [0.05, 0.1) is 22.8 Å². The minimum absolute atomic E-state index is 0.0399. The molecule has 0 aliphatic heterocycles. The molecule has 0 fully saturated rings. The van der Waals surface area contributed by atoms with Gasteiger partial charge in [0.25, 0.3) is 0 Å². The zero-order valence-electron chi connectivity index (χ0n) is 11.5. The van der Waals surface area contributed by atoms with Crippen molar-refractivity contribution in [3.8, 4) is 0 Å². The van der Waals surface area contributed by atoms with E-state index in [4.69, 9.17) is 5.11 Å². The average molecular weight is 306 g/mol. The zero-order valence-corrected chi connectivity index (χ0v) is 12.3. The van der Waals surface area contributed by atoms with Crippen LogP contribution in [0.25, 0.3) is 0 Å². The van der Waals surface area contributed by atoms with E-state index in [2.05, 4.69) is 20.5 Å². The molecule has 2 aromatic rings. The van der Waals surface area contributed by atoms with Crippen LogP contribution >= 0.6 is 11.8 Å². The van der Waals surface area contributed by atoms with E-state index in [1.807, 2.05) is 6.92 Å². The summed E-state index contributed by atoms with van der Waals surface area (Å²) >= 11 is 1.25. The summed E-state index contributed by atoms with van der Waals surface area (Å²) in [7, 11) is 0. The summed E-state index contributed by atoms with van der Waals surface area (Å²) in [6.45, 7) is 3.62. The molecule has 0 bridgehead atoms. The number of rotatable bonds is 5. The molecule has 21 heavy (non-hydrogen) atoms. The largest absolute Gasteiger partial charge is 0.477 e. The second-order valence-corrected chi connectivity index (χ2v) is 5.38. The fourth-order valence-corrected chi connectivity index (χ4v) is 2.40. The van der Waals surface area contributed by atoms with E-state index in [-0.39, 0.29) is 17.4 Å². The number of aromatic carboxylic acids is 1. The first kappa shape index (κ1) is 15.0. The van der Waals surface area contributed by atoms with Crippen LogP contribution in [0.5, 0.6) is 0 Å². The van der Waals surface area contributed by atoms with Crippen LogP contribution in [0.2, 0.25) is 0 Å². The monoisotopic (exact) mass is 306 g/mol. The van der Waals surface area contributed by atoms with E-state index in [1.54, 1.807) is 13.0 Å². The zero-order chi connectivity index (χ0) is 15.4. The number of amides is 1. The molecule has 8 heteroatoms. The summed E-state index contributed by atoms with van der Waals surface area (Å²) in [5.41, 5.74) is 2.16. The number of thioether (sulfide) groups is 1. The van der Waals surface area contributed by atoms with Gasteiger partial charge in [-0.3, -0.25) is 9.89 Å². The lowest BCUT2D eigenvalue weighted by molar-refractivity contribution is -0.113. The number of H-pyrrole nitrogens is 1. The minimum Gasteiger partial charge on any atom is -0.477 e. The topological polar surface area (TPSA) is 108 Å². The number of pyridine rings is 1. The second kappa shape index (κ2) is 6.40. The van der Waals surface area contributed by atoms with Gasteiger partial charge in [0.2, 0.25) is 5.91 Å². The van der Waals surface area contributed by atoms with Crippen LogP contribution in [0.1, 0.15) is 21.9 Å². The predicted molar refractivity (Wildman–Crippen MR) is 78.6 cm³/mol. The fraction of sp³-hybridized carbons (Fsp3) is 0.231. The Labute approximate surface area is 125 Å². The van der Waals surface area contributed by atoms with E-state index in [0.29, 0.717) is 10.6 Å². The van der Waals surface area contributed by atoms with Gasteiger partial charge >= 0.3 is 5.97 Å². The highest BCUT2D eigenvalue weighted by Gasteiger charge is 2.11. The highest BCUT2D eigenvalue weighted by molar-refractivity contribution is 8.00. The molecule has 110 valence electrons. The van der Waals surface area contributed by atoms with E-state index in [1.165, 1.54) is 24.0 Å². The summed E-state index contributed by atoms with van der Waals surface area (Å²) in [6, 6.07) is 3.10. The van der Waals surface area contributed by atoms with Crippen LogP contribution in [0, 0.1) is 13.8 Å². The summed E-state index contributed by atoms with van der Waals surface area (Å²) in [4.78, 5) is 27.1. The molecule has 0 aliphatic carbocycles. The van der Waals surface area contributed by atoms with Crippen molar-refractivity contribution in [2.75, 3.05) is 11.1 Å². The first-order chi connectivity index (χ1) is 9.97. The van der Waals surface area contributed by atoms with E-state index < -0.39 is 5.97 Å². The Morgan fingerprint density at radius 2 is 2.19 bits per heavy atom. The number of hydrogen-bond acceptors (Lipinski definition) is 5. The number of nitrogens with zero attached hydrogens (tertiary/aromatic N) is 2. The SMILES string of the molecule is Cc1n[nH]c(C)c1NC(=O)CSc1ccnc(C(=O)O)c1. The lowest BCUT2D eigenvalue weighted by Gasteiger charge is -2.05. The molecule has 2 heterocycles. The molecule has 2 rings (SSSR count). The van der Waals surface area contributed by atoms with Crippen LogP contribution in [0.15, 0.2) is 23.2 Å². The van der Waals surface area contributed by atoms with Crippen LogP contribution in [0.3, 0.4) is 0 Å². The molecule has 0 saturated carbocycles. The Morgan fingerprint density at radius 1 is 1.43 bits per heavy atom. The normalized spacial score (nSPS) is 10.4. The molecule has 0 radical (unpaired) electrons. The second-order valence-electron chi connectivity index (χ2n) is 4.33. The number of nitrogens with one attached hydrogen (secondary N) is 2. The van der Waals surface area contributed by atoms with Gasteiger partial charge < -0.3 is 10.4 Å². The molecule has 0 aromatic carbocycles. The molecule has 0 unspecified atom stereocenters. The molecule has 2 aromatic heterocycles. The van der Waals surface area contributed by atoms with Gasteiger partial charge in [-0.05, 0) is 26.0 Å². The van der Waals surface area contributed by atoms with Gasteiger partial charge in [0, 0.05) is 11.1 Å². The summed E-state index contributed by atoms with van der Waals surface area (Å²) in [5.74, 6) is -1.10. The number of aromatic amines is 1. The van der Waals surface area contributed by atoms with Crippen molar-refractivity contribution >= 4 is 29.3 Å². The highest BCUT2D eigenvalue weighted by atomic mass is 32.2. The van der Waals surface area contributed by atoms with Crippen LogP contribution in [-0.2, 0) is 4.79 Å². The van der Waals surface area contributed by atoms with E-state index >= 15 is 0 Å². The van der Waals surface area contributed by atoms with Gasteiger partial charge in [-0.1, -0.05) is 0 Å². The lowest BCUT2D eigenvalue weighted by atomic mass is 10.3. The van der Waals surface area contributed by atoms with Crippen molar-refractivity contribution in [2.45, 2.75) is 18.7 Å². The summed E-state index contributed by atoms with van der Waals surface area (Å²) < 4.78 is 0. The highest BCUT2D eigenvalue weighted by Crippen LogP contribution is 2.20. The quantitative estimate of drug-likeness (QED) is 0.728. The maximum Gasteiger partial charge on any atom is 0.354 e. The molecular weight excluding hydrogens is 292 g/mol. The van der Waals surface area contributed by atoms with Crippen LogP contribution < -0.4 is 5.32 Å². The third-order valence-corrected chi connectivity index (χ3v) is 3.71. The maximum absolute atomic E-state index is 11.9. The molecule has 0 spiro atoms. The van der Waals surface area contributed by atoms with Crippen molar-refractivity contribution < 1.29 is 14.7 Å². The smallest absolute Gasteiger partial charge is 0.354 e. The third-order valence-electron chi connectivity index (χ3n) is 2.71. The fourth-order valence-electron chi connectivity index (χ4n) is 1.68. The number of carbonyl (C=O) groups excluding carboxylic acids is 1. The van der Waals surface area contributed by atoms with Crippen molar-refractivity contribution in [3.05, 3.63) is 35.4 Å². The predicted octanol–water partition coefficient (Wildman–Crippen LogP) is 1.85. The summed E-state index contributed by atoms with van der Waals surface area (Å²) in [6.07, 6.45) is 1.41. The number of aryl methyl sites for hydroxylation is 2. The van der Waals surface area contributed by atoms with E-state index in [0.717, 1.165) is 11.4 Å². The number of aromatic nitrogens is 3. The standard InChI is InChI=1S/C13H14N4O3S/c1-7-12(8(2)17-16-7)15-11(18)6-21-9-3-4-14-10(5-9)13(19)20/h3-5H,6H2,1-2H3,(H,15,18)(H,16,17)(H,19,20). The molecule has 0 saturated heterocycles. The number of carbonyl (C=O) groups is 2. The Balaban J connectivity index is 1.95. The molecule has 3 N–H and O–H groups in total. The molecule has 7 nitrogen and oxygen atoms in total. The van der Waals surface area contributed by atoms with Crippen molar-refractivity contribution in [1.82, 2.24) is 15.2 Å². The first-order valence-electron chi connectivity index (χ1n) is 6.11. The van der Waals surface area contributed by atoms with Gasteiger partial charge in [-0.15, -0.1) is 11.8 Å². The molecular formula is C13H14N4O3S. The number of carboxylic acids is 1. The van der Waals surface area contributed by atoms with E-state index in [9.17, 15) is 9.59 Å². The number of carboxylic acid groups (broad SMARTS) is 1. The molecule has 0 aliphatic rings. The average Bonchev–Trinajstić information content (AvgIpc) is 2.77. The Morgan fingerprint density at radius 3 is 2.81 bits per heavy atom. The van der Waals surface area contributed by atoms with Gasteiger partial charge in [0.15, 0.2) is 0 Å². The Kier molecular flexibility index (Phi) is 4.59. The van der Waals surface area contributed by atoms with Crippen molar-refractivity contribution in [1.29, 1.82) is 0 Å². The van der Waals surface area contributed by atoms with Crippen molar-refractivity contribution in [2.24, 2.45) is 0 Å². The van der Waals surface area contributed by atoms with Crippen molar-refractivity contribution in [3.63, 3.8) is 0 Å². The molecule has 1 amide bonds. The minimum atomic E-state index is -1.09. The lowest BCUT2D eigenvalue weighted by Crippen LogP contribution is -2.15. The number of anilines is 1. The third kappa shape index (κ3) is 3.82. The maximum atomic E-state index is 11.9. The first-order valence-corrected chi connectivity index (χ1v) is 7.09. The Bertz CT molecular complexity index is 664. The van der Waals surface area contributed by atoms with Gasteiger partial charge in [-0.25, -0.2) is 9.78 Å². The van der Waals surface area contributed by atoms with Crippen LogP contribution in [0.4, 0.5) is 5.69 Å². The van der Waals surface area contributed by atoms with Gasteiger partial charge in [-0.2, -0.15) is 5.10 Å².